The molecule has 0 saturated heterocycles. The molecule has 0 saturated carbocycles. The number of rotatable bonds is 5. The van der Waals surface area contributed by atoms with Crippen LogP contribution in [-0.2, 0) is 18.5 Å². The van der Waals surface area contributed by atoms with E-state index >= 15 is 0 Å². The van der Waals surface area contributed by atoms with Crippen molar-refractivity contribution < 1.29 is 9.90 Å². The first-order chi connectivity index (χ1) is 15.2. The van der Waals surface area contributed by atoms with Gasteiger partial charge >= 0.3 is 0 Å². The fraction of sp³-hybridized carbons (Fsp3) is 0.231. The van der Waals surface area contributed by atoms with Crippen molar-refractivity contribution >= 4 is 45.4 Å². The van der Waals surface area contributed by atoms with Crippen LogP contribution in [-0.4, -0.2) is 20.0 Å². The Balaban J connectivity index is 0.00000306. The summed E-state index contributed by atoms with van der Waals surface area (Å²) in [7, 11) is 0. The van der Waals surface area contributed by atoms with Crippen LogP contribution in [0.2, 0.25) is 5.02 Å². The number of imidazole rings is 1. The number of aromatic hydroxyl groups is 1. The highest BCUT2D eigenvalue weighted by molar-refractivity contribution is 8.93. The summed E-state index contributed by atoms with van der Waals surface area (Å²) in [5, 5.41) is 19.3. The lowest BCUT2D eigenvalue weighted by molar-refractivity contribution is 0.0971. The van der Waals surface area contributed by atoms with E-state index in [1.165, 1.54) is 6.07 Å². The molecule has 0 amide bonds. The summed E-state index contributed by atoms with van der Waals surface area (Å²) in [6, 6.07) is 20.9. The second kappa shape index (κ2) is 9.57. The van der Waals surface area contributed by atoms with E-state index in [9.17, 15) is 9.90 Å². The molecule has 5 nitrogen and oxygen atoms in total. The highest BCUT2D eigenvalue weighted by Crippen LogP contribution is 2.37. The maximum absolute atomic E-state index is 13.3. The van der Waals surface area contributed by atoms with Gasteiger partial charge in [0, 0.05) is 11.1 Å². The number of ketones is 1. The molecule has 4 rings (SSSR count). The van der Waals surface area contributed by atoms with Crippen molar-refractivity contribution in [3.05, 3.63) is 94.1 Å². The maximum atomic E-state index is 13.3. The van der Waals surface area contributed by atoms with Crippen LogP contribution >= 0.6 is 28.6 Å². The van der Waals surface area contributed by atoms with Crippen LogP contribution in [0.1, 0.15) is 42.3 Å². The zero-order chi connectivity index (χ0) is 23.0. The summed E-state index contributed by atoms with van der Waals surface area (Å²) >= 11 is 6.24. The van der Waals surface area contributed by atoms with E-state index in [2.05, 4.69) is 0 Å². The van der Waals surface area contributed by atoms with Crippen LogP contribution in [0.5, 0.6) is 5.75 Å². The molecule has 0 aliphatic heterocycles. The molecule has 33 heavy (non-hydrogen) atoms. The van der Waals surface area contributed by atoms with Crippen molar-refractivity contribution in [1.82, 2.24) is 9.13 Å². The first-order valence-corrected chi connectivity index (χ1v) is 10.9. The van der Waals surface area contributed by atoms with Gasteiger partial charge in [0.1, 0.15) is 5.75 Å². The van der Waals surface area contributed by atoms with E-state index in [1.807, 2.05) is 79.9 Å². The van der Waals surface area contributed by atoms with Gasteiger partial charge in [-0.2, -0.15) is 0 Å². The first kappa shape index (κ1) is 24.8. The van der Waals surface area contributed by atoms with E-state index < -0.39 is 0 Å². The molecular formula is C26H27BrClN3O2. The minimum absolute atomic E-state index is 0. The number of para-hydroxylation sites is 2. The monoisotopic (exact) mass is 527 g/mol. The highest BCUT2D eigenvalue weighted by atomic mass is 79.9. The molecule has 0 bridgehead atoms. The predicted molar refractivity (Wildman–Crippen MR) is 138 cm³/mol. The quantitative estimate of drug-likeness (QED) is 0.308. The average Bonchev–Trinajstić information content (AvgIpc) is 3.01. The lowest BCUT2D eigenvalue weighted by Gasteiger charge is -2.22. The number of Topliss-reactive ketones (excluding diaryl/α,β-unsaturated/α-hetero) is 1. The Bertz CT molecular complexity index is 1370. The molecule has 0 fully saturated rings. The molecule has 0 aliphatic rings. The van der Waals surface area contributed by atoms with Gasteiger partial charge in [-0.3, -0.25) is 10.2 Å². The molecule has 3 aromatic carbocycles. The van der Waals surface area contributed by atoms with Gasteiger partial charge < -0.3 is 14.2 Å². The van der Waals surface area contributed by atoms with E-state index in [0.29, 0.717) is 17.7 Å². The van der Waals surface area contributed by atoms with Gasteiger partial charge in [-0.05, 0) is 35.2 Å². The number of benzene rings is 3. The second-order valence-corrected chi connectivity index (χ2v) is 9.40. The van der Waals surface area contributed by atoms with E-state index in [-0.39, 0.29) is 51.1 Å². The topological polar surface area (TPSA) is 71.0 Å². The Hall–Kier alpha value is -2.83. The largest absolute Gasteiger partial charge is 0.506 e. The molecule has 172 valence electrons. The van der Waals surface area contributed by atoms with Crippen molar-refractivity contribution in [3.63, 3.8) is 0 Å². The maximum Gasteiger partial charge on any atom is 0.203 e. The van der Waals surface area contributed by atoms with Gasteiger partial charge in [0.25, 0.3) is 0 Å². The molecule has 0 radical (unpaired) electrons. The molecule has 7 heteroatoms. The molecule has 2 N–H and O–H groups in total. The number of fused-ring (bicyclic) bond motifs is 1. The van der Waals surface area contributed by atoms with E-state index in [0.717, 1.165) is 16.6 Å². The van der Waals surface area contributed by atoms with Gasteiger partial charge in [-0.1, -0.05) is 74.8 Å². The van der Waals surface area contributed by atoms with Gasteiger partial charge in [-0.15, -0.1) is 17.0 Å². The number of phenols is 1. The average molecular weight is 529 g/mol. The predicted octanol–water partition coefficient (Wildman–Crippen LogP) is 6.09. The Morgan fingerprint density at radius 1 is 0.970 bits per heavy atom. The Labute approximate surface area is 208 Å². The third-order valence-corrected chi connectivity index (χ3v) is 5.94. The summed E-state index contributed by atoms with van der Waals surface area (Å²) in [5.74, 6) is -0.164. The molecule has 1 aromatic heterocycles. The number of carbonyl (C=O) groups is 1. The van der Waals surface area contributed by atoms with Gasteiger partial charge in [0.05, 0.1) is 29.1 Å². The smallest absolute Gasteiger partial charge is 0.203 e. The SMILES string of the molecule is Br.CC(C)(C)c1cc(C(=O)Cn2c(=N)n(Cc3ccccc3)c3ccccc32)cc(Cl)c1O. The molecule has 0 unspecified atom stereocenters. The summed E-state index contributed by atoms with van der Waals surface area (Å²) in [6.45, 7) is 6.42. The fourth-order valence-electron chi connectivity index (χ4n) is 3.95. The third kappa shape index (κ3) is 4.92. The van der Waals surface area contributed by atoms with Crippen LogP contribution in [0.15, 0.2) is 66.7 Å². The molecule has 0 spiro atoms. The Morgan fingerprint density at radius 2 is 1.55 bits per heavy atom. The number of hydrogen-bond donors (Lipinski definition) is 2. The van der Waals surface area contributed by atoms with Crippen molar-refractivity contribution in [2.24, 2.45) is 0 Å². The van der Waals surface area contributed by atoms with Gasteiger partial charge in [-0.25, -0.2) is 0 Å². The van der Waals surface area contributed by atoms with Crippen LogP contribution in [0.4, 0.5) is 0 Å². The summed E-state index contributed by atoms with van der Waals surface area (Å²) in [5.41, 5.74) is 3.73. The number of aromatic nitrogens is 2. The Morgan fingerprint density at radius 3 is 2.15 bits per heavy atom. The van der Waals surface area contributed by atoms with Gasteiger partial charge in [0.2, 0.25) is 5.62 Å². The number of halogens is 2. The third-order valence-electron chi connectivity index (χ3n) is 5.65. The normalized spacial score (nSPS) is 11.4. The van der Waals surface area contributed by atoms with Crippen molar-refractivity contribution in [2.45, 2.75) is 39.3 Å². The summed E-state index contributed by atoms with van der Waals surface area (Å²) in [6.07, 6.45) is 0. The van der Waals surface area contributed by atoms with E-state index in [1.54, 1.807) is 10.6 Å². The Kier molecular flexibility index (Phi) is 7.20. The summed E-state index contributed by atoms with van der Waals surface area (Å²) < 4.78 is 3.63. The number of nitrogens with zero attached hydrogens (tertiary/aromatic N) is 2. The number of hydrogen-bond acceptors (Lipinski definition) is 3. The minimum atomic E-state index is -0.372. The minimum Gasteiger partial charge on any atom is -0.506 e. The van der Waals surface area contributed by atoms with Crippen molar-refractivity contribution in [2.75, 3.05) is 0 Å². The second-order valence-electron chi connectivity index (χ2n) is 9.00. The van der Waals surface area contributed by atoms with Crippen molar-refractivity contribution in [3.8, 4) is 5.75 Å². The number of nitrogens with one attached hydrogen (secondary N) is 1. The molecule has 0 atom stereocenters. The number of phenolic OH excluding ortho intramolecular Hbond substituents is 1. The molecule has 1 heterocycles. The van der Waals surface area contributed by atoms with Crippen LogP contribution in [0.25, 0.3) is 11.0 Å². The molecule has 0 aliphatic carbocycles. The fourth-order valence-corrected chi connectivity index (χ4v) is 4.17. The summed E-state index contributed by atoms with van der Waals surface area (Å²) in [4.78, 5) is 13.3. The lowest BCUT2D eigenvalue weighted by atomic mass is 9.85. The van der Waals surface area contributed by atoms with E-state index in [4.69, 9.17) is 17.0 Å². The first-order valence-electron chi connectivity index (χ1n) is 10.5. The molecule has 4 aromatic rings. The van der Waals surface area contributed by atoms with Gasteiger partial charge in [0.15, 0.2) is 5.78 Å². The lowest BCUT2D eigenvalue weighted by Crippen LogP contribution is -2.28. The zero-order valence-electron chi connectivity index (χ0n) is 18.8. The van der Waals surface area contributed by atoms with Crippen LogP contribution < -0.4 is 5.62 Å². The molecular weight excluding hydrogens is 502 g/mol. The van der Waals surface area contributed by atoms with Crippen LogP contribution in [0.3, 0.4) is 0 Å². The standard InChI is InChI=1S/C26H26ClN3O2.BrH/c1-26(2,3)19-13-18(14-20(27)24(19)32)23(31)16-30-22-12-8-7-11-21(22)29(25(30)28)15-17-9-5-4-6-10-17;/h4-14,28,32H,15-16H2,1-3H3;1H. The number of carbonyl (C=O) groups excluding carboxylic acids is 1. The van der Waals surface area contributed by atoms with Crippen LogP contribution in [0, 0.1) is 5.41 Å². The van der Waals surface area contributed by atoms with Crippen molar-refractivity contribution in [1.29, 1.82) is 5.41 Å². The zero-order valence-corrected chi connectivity index (χ0v) is 21.3. The highest BCUT2D eigenvalue weighted by Gasteiger charge is 2.23.